The summed E-state index contributed by atoms with van der Waals surface area (Å²) in [5.74, 6) is 0.730. The summed E-state index contributed by atoms with van der Waals surface area (Å²) in [5.41, 5.74) is -0.189. The monoisotopic (exact) mass is 251 g/mol. The Hall–Kier alpha value is -0.970. The Kier molecular flexibility index (Phi) is 2.65. The Bertz CT molecular complexity index is 433. The zero-order valence-electron chi connectivity index (χ0n) is 10.0. The normalized spacial score (nSPS) is 22.6. The average Bonchev–Trinajstić information content (AvgIpc) is 2.89. The minimum atomic E-state index is -0.189. The lowest BCUT2D eigenvalue weighted by Gasteiger charge is -2.20. The first-order chi connectivity index (χ1) is 8.17. The molecule has 0 bridgehead atoms. The smallest absolute Gasteiger partial charge is 0.232 e. The molecule has 4 nitrogen and oxygen atoms in total. The van der Waals surface area contributed by atoms with Crippen LogP contribution in [0.3, 0.4) is 0 Å². The van der Waals surface area contributed by atoms with Gasteiger partial charge in [-0.15, -0.1) is 10.2 Å². The van der Waals surface area contributed by atoms with Crippen molar-refractivity contribution in [2.75, 3.05) is 5.32 Å². The molecular weight excluding hydrogens is 234 g/mol. The molecule has 2 fully saturated rings. The van der Waals surface area contributed by atoms with E-state index in [9.17, 15) is 4.79 Å². The van der Waals surface area contributed by atoms with E-state index in [4.69, 9.17) is 0 Å². The van der Waals surface area contributed by atoms with E-state index in [-0.39, 0.29) is 11.3 Å². The number of rotatable bonds is 3. The van der Waals surface area contributed by atoms with Gasteiger partial charge < -0.3 is 5.32 Å². The molecule has 2 aliphatic rings. The summed E-state index contributed by atoms with van der Waals surface area (Å²) in [6.45, 7) is 2.05. The van der Waals surface area contributed by atoms with Crippen LogP contribution in [0.15, 0.2) is 0 Å². The molecule has 0 radical (unpaired) electrons. The fraction of sp³-hybridized carbons (Fsp3) is 0.750. The molecule has 1 aromatic rings. The van der Waals surface area contributed by atoms with Crippen molar-refractivity contribution >= 4 is 22.4 Å². The van der Waals surface area contributed by atoms with E-state index in [2.05, 4.69) is 22.4 Å². The molecule has 3 rings (SSSR count). The molecule has 2 saturated carbocycles. The maximum absolute atomic E-state index is 12.2. The van der Waals surface area contributed by atoms with Gasteiger partial charge in [-0.2, -0.15) is 0 Å². The van der Waals surface area contributed by atoms with Crippen LogP contribution in [0.5, 0.6) is 0 Å². The minimum absolute atomic E-state index is 0.119. The van der Waals surface area contributed by atoms with Crippen LogP contribution in [0.4, 0.5) is 5.13 Å². The summed E-state index contributed by atoms with van der Waals surface area (Å²) in [5, 5.41) is 12.9. The standard InChI is InChI=1S/C12H17N3OS/c1-12(6-2-3-7-12)10(16)13-11-15-14-9(17-11)8-4-5-8/h8H,2-7H2,1H3,(H,13,15,16). The van der Waals surface area contributed by atoms with E-state index in [1.54, 1.807) is 0 Å². The Morgan fingerprint density at radius 3 is 2.71 bits per heavy atom. The average molecular weight is 251 g/mol. The second kappa shape index (κ2) is 4.05. The van der Waals surface area contributed by atoms with Crippen LogP contribution in [-0.2, 0) is 4.79 Å². The Morgan fingerprint density at radius 1 is 1.35 bits per heavy atom. The van der Waals surface area contributed by atoms with Crippen molar-refractivity contribution in [2.24, 2.45) is 5.41 Å². The predicted molar refractivity (Wildman–Crippen MR) is 67.1 cm³/mol. The van der Waals surface area contributed by atoms with Crippen LogP contribution in [0.25, 0.3) is 0 Å². The fourth-order valence-corrected chi connectivity index (χ4v) is 3.32. The number of hydrogen-bond donors (Lipinski definition) is 1. The first-order valence-electron chi connectivity index (χ1n) is 6.32. The summed E-state index contributed by atoms with van der Waals surface area (Å²) >= 11 is 1.54. The summed E-state index contributed by atoms with van der Waals surface area (Å²) < 4.78 is 0. The van der Waals surface area contributed by atoms with Crippen LogP contribution in [0.2, 0.25) is 0 Å². The number of amides is 1. The molecular formula is C12H17N3OS. The Labute approximate surface area is 105 Å². The number of hydrogen-bond acceptors (Lipinski definition) is 4. The maximum atomic E-state index is 12.2. The second-order valence-corrected chi connectivity index (χ2v) is 6.45. The third-order valence-corrected chi connectivity index (χ3v) is 4.84. The van der Waals surface area contributed by atoms with E-state index in [1.165, 1.54) is 24.2 Å². The molecule has 1 N–H and O–H groups in total. The van der Waals surface area contributed by atoms with Gasteiger partial charge in [-0.3, -0.25) is 4.79 Å². The van der Waals surface area contributed by atoms with Gasteiger partial charge in [0.15, 0.2) is 0 Å². The minimum Gasteiger partial charge on any atom is -0.300 e. The lowest BCUT2D eigenvalue weighted by molar-refractivity contribution is -0.124. The molecule has 2 aliphatic carbocycles. The molecule has 0 aromatic carbocycles. The summed E-state index contributed by atoms with van der Waals surface area (Å²) in [7, 11) is 0. The molecule has 5 heteroatoms. The number of nitrogens with one attached hydrogen (secondary N) is 1. The Morgan fingerprint density at radius 2 is 2.06 bits per heavy atom. The van der Waals surface area contributed by atoms with Crippen molar-refractivity contribution < 1.29 is 4.79 Å². The van der Waals surface area contributed by atoms with Crippen LogP contribution < -0.4 is 5.32 Å². The van der Waals surface area contributed by atoms with Gasteiger partial charge >= 0.3 is 0 Å². The van der Waals surface area contributed by atoms with Gasteiger partial charge in [-0.25, -0.2) is 0 Å². The van der Waals surface area contributed by atoms with Crippen LogP contribution in [0, 0.1) is 5.41 Å². The highest BCUT2D eigenvalue weighted by molar-refractivity contribution is 7.15. The SMILES string of the molecule is CC1(C(=O)Nc2nnc(C3CC3)s2)CCCC1. The number of nitrogens with zero attached hydrogens (tertiary/aromatic N) is 2. The zero-order chi connectivity index (χ0) is 11.9. The van der Waals surface area contributed by atoms with Crippen molar-refractivity contribution in [2.45, 2.75) is 51.4 Å². The molecule has 92 valence electrons. The van der Waals surface area contributed by atoms with Crippen LogP contribution in [0.1, 0.15) is 56.4 Å². The first-order valence-corrected chi connectivity index (χ1v) is 7.14. The number of carbonyl (C=O) groups is 1. The van der Waals surface area contributed by atoms with Crippen molar-refractivity contribution in [1.82, 2.24) is 10.2 Å². The van der Waals surface area contributed by atoms with Gasteiger partial charge in [0.25, 0.3) is 0 Å². The molecule has 1 aromatic heterocycles. The van der Waals surface area contributed by atoms with Gasteiger partial charge in [-0.05, 0) is 25.7 Å². The van der Waals surface area contributed by atoms with Crippen LogP contribution in [-0.4, -0.2) is 16.1 Å². The molecule has 0 aliphatic heterocycles. The van der Waals surface area contributed by atoms with Gasteiger partial charge in [0.05, 0.1) is 0 Å². The van der Waals surface area contributed by atoms with Crippen molar-refractivity contribution in [3.8, 4) is 0 Å². The van der Waals surface area contributed by atoms with Gasteiger partial charge in [0.1, 0.15) is 5.01 Å². The van der Waals surface area contributed by atoms with E-state index >= 15 is 0 Å². The summed E-state index contributed by atoms with van der Waals surface area (Å²) in [6.07, 6.45) is 6.75. The van der Waals surface area contributed by atoms with Crippen LogP contribution >= 0.6 is 11.3 Å². The topological polar surface area (TPSA) is 54.9 Å². The summed E-state index contributed by atoms with van der Waals surface area (Å²) in [4.78, 5) is 12.2. The highest BCUT2D eigenvalue weighted by atomic mass is 32.1. The lowest BCUT2D eigenvalue weighted by Crippen LogP contribution is -2.30. The molecule has 0 saturated heterocycles. The largest absolute Gasteiger partial charge is 0.300 e. The van der Waals surface area contributed by atoms with E-state index in [0.717, 1.165) is 30.7 Å². The fourth-order valence-electron chi connectivity index (χ4n) is 2.41. The van der Waals surface area contributed by atoms with Crippen molar-refractivity contribution in [3.05, 3.63) is 5.01 Å². The number of carbonyl (C=O) groups excluding carboxylic acids is 1. The van der Waals surface area contributed by atoms with Gasteiger partial charge in [0, 0.05) is 11.3 Å². The molecule has 1 amide bonds. The quantitative estimate of drug-likeness (QED) is 0.898. The number of anilines is 1. The third kappa shape index (κ3) is 2.20. The highest BCUT2D eigenvalue weighted by Crippen LogP contribution is 2.43. The summed E-state index contributed by atoms with van der Waals surface area (Å²) in [6, 6.07) is 0. The third-order valence-electron chi connectivity index (χ3n) is 3.84. The zero-order valence-corrected chi connectivity index (χ0v) is 10.8. The van der Waals surface area contributed by atoms with Gasteiger partial charge in [-0.1, -0.05) is 31.1 Å². The van der Waals surface area contributed by atoms with E-state index < -0.39 is 0 Å². The number of aromatic nitrogens is 2. The molecule has 1 heterocycles. The predicted octanol–water partition coefficient (Wildman–Crippen LogP) is 2.93. The molecule has 0 unspecified atom stereocenters. The molecule has 0 spiro atoms. The van der Waals surface area contributed by atoms with E-state index in [1.807, 2.05) is 0 Å². The van der Waals surface area contributed by atoms with Crippen molar-refractivity contribution in [1.29, 1.82) is 0 Å². The van der Waals surface area contributed by atoms with E-state index in [0.29, 0.717) is 11.0 Å². The lowest BCUT2D eigenvalue weighted by atomic mass is 9.88. The van der Waals surface area contributed by atoms with Crippen molar-refractivity contribution in [3.63, 3.8) is 0 Å². The first kappa shape index (κ1) is 11.1. The highest BCUT2D eigenvalue weighted by Gasteiger charge is 2.37. The Balaban J connectivity index is 1.66. The molecule has 0 atom stereocenters. The van der Waals surface area contributed by atoms with Gasteiger partial charge in [0.2, 0.25) is 11.0 Å². The molecule has 17 heavy (non-hydrogen) atoms. The maximum Gasteiger partial charge on any atom is 0.232 e. The second-order valence-electron chi connectivity index (χ2n) is 5.44.